The highest BCUT2D eigenvalue weighted by Crippen LogP contribution is 2.31. The Bertz CT molecular complexity index is 919. The first-order chi connectivity index (χ1) is 14.6. The van der Waals surface area contributed by atoms with Gasteiger partial charge in [-0.3, -0.25) is 0 Å². The molecule has 0 radical (unpaired) electrons. The Labute approximate surface area is 180 Å². The minimum atomic E-state index is -0.746. The SMILES string of the molecule is Fc1ccc(COCC2COC(CCc3ccc(Cl)cc3)(Cn3ccnc3)O2)cc1. The Hall–Kier alpha value is -2.25. The predicted octanol–water partition coefficient (Wildman–Crippen LogP) is 4.64. The van der Waals surface area contributed by atoms with Crippen LogP contribution in [0, 0.1) is 5.82 Å². The molecular formula is C23H24ClFN2O3. The van der Waals surface area contributed by atoms with Gasteiger partial charge in [0.2, 0.25) is 0 Å². The molecule has 0 saturated carbocycles. The Morgan fingerprint density at radius 1 is 1.13 bits per heavy atom. The molecule has 2 unspecified atom stereocenters. The first-order valence-electron chi connectivity index (χ1n) is 9.94. The third kappa shape index (κ3) is 5.67. The first kappa shape index (κ1) is 21.0. The summed E-state index contributed by atoms with van der Waals surface area (Å²) < 4.78 is 33.3. The van der Waals surface area contributed by atoms with Crippen LogP contribution in [0.15, 0.2) is 67.3 Å². The highest BCUT2D eigenvalue weighted by molar-refractivity contribution is 6.30. The van der Waals surface area contributed by atoms with Crippen molar-refractivity contribution in [3.8, 4) is 0 Å². The second-order valence-electron chi connectivity index (χ2n) is 7.46. The maximum absolute atomic E-state index is 13.0. The van der Waals surface area contributed by atoms with E-state index in [-0.39, 0.29) is 11.9 Å². The van der Waals surface area contributed by atoms with Crippen molar-refractivity contribution in [1.82, 2.24) is 9.55 Å². The fraction of sp³-hybridized carbons (Fsp3) is 0.348. The molecule has 1 aliphatic heterocycles. The van der Waals surface area contributed by atoms with Gasteiger partial charge in [0.1, 0.15) is 11.9 Å². The van der Waals surface area contributed by atoms with E-state index in [2.05, 4.69) is 4.98 Å². The summed E-state index contributed by atoms with van der Waals surface area (Å²) in [5.41, 5.74) is 2.09. The second kappa shape index (κ2) is 9.71. The largest absolute Gasteiger partial charge is 0.374 e. The van der Waals surface area contributed by atoms with Gasteiger partial charge >= 0.3 is 0 Å². The summed E-state index contributed by atoms with van der Waals surface area (Å²) >= 11 is 5.99. The molecule has 1 aliphatic rings. The number of aryl methyl sites for hydroxylation is 1. The van der Waals surface area contributed by atoms with E-state index in [1.54, 1.807) is 24.7 Å². The summed E-state index contributed by atoms with van der Waals surface area (Å²) in [6.45, 7) is 1.82. The smallest absolute Gasteiger partial charge is 0.187 e. The fourth-order valence-electron chi connectivity index (χ4n) is 3.52. The first-order valence-corrected chi connectivity index (χ1v) is 10.3. The Kier molecular flexibility index (Phi) is 6.79. The lowest BCUT2D eigenvalue weighted by Gasteiger charge is -2.28. The third-order valence-electron chi connectivity index (χ3n) is 5.09. The van der Waals surface area contributed by atoms with Gasteiger partial charge < -0.3 is 18.8 Å². The van der Waals surface area contributed by atoms with Gasteiger partial charge in [0.05, 0.1) is 32.7 Å². The van der Waals surface area contributed by atoms with Gasteiger partial charge in [-0.15, -0.1) is 0 Å². The van der Waals surface area contributed by atoms with Gasteiger partial charge in [-0.05, 0) is 41.8 Å². The molecule has 7 heteroatoms. The number of halogens is 2. The van der Waals surface area contributed by atoms with Gasteiger partial charge in [0.15, 0.2) is 5.79 Å². The fourth-order valence-corrected chi connectivity index (χ4v) is 3.65. The van der Waals surface area contributed by atoms with Crippen LogP contribution < -0.4 is 0 Å². The number of rotatable bonds is 9. The number of nitrogens with zero attached hydrogens (tertiary/aromatic N) is 2. The molecule has 158 valence electrons. The van der Waals surface area contributed by atoms with E-state index in [1.807, 2.05) is 35.0 Å². The van der Waals surface area contributed by atoms with Crippen LogP contribution in [0.3, 0.4) is 0 Å². The molecule has 4 rings (SSSR count). The van der Waals surface area contributed by atoms with Crippen molar-refractivity contribution in [2.45, 2.75) is 37.9 Å². The lowest BCUT2D eigenvalue weighted by atomic mass is 10.0. The summed E-state index contributed by atoms with van der Waals surface area (Å²) in [5, 5.41) is 0.721. The molecule has 5 nitrogen and oxygen atoms in total. The van der Waals surface area contributed by atoms with E-state index >= 15 is 0 Å². The van der Waals surface area contributed by atoms with Crippen molar-refractivity contribution >= 4 is 11.6 Å². The molecule has 30 heavy (non-hydrogen) atoms. The number of ether oxygens (including phenoxy) is 3. The van der Waals surface area contributed by atoms with Crippen molar-refractivity contribution in [1.29, 1.82) is 0 Å². The zero-order valence-corrected chi connectivity index (χ0v) is 17.3. The average molecular weight is 431 g/mol. The van der Waals surface area contributed by atoms with Crippen LogP contribution in [0.25, 0.3) is 0 Å². The van der Waals surface area contributed by atoms with E-state index in [9.17, 15) is 4.39 Å². The zero-order chi connectivity index (χ0) is 20.8. The molecule has 2 aromatic carbocycles. The zero-order valence-electron chi connectivity index (χ0n) is 16.5. The van der Waals surface area contributed by atoms with Crippen LogP contribution >= 0.6 is 11.6 Å². The highest BCUT2D eigenvalue weighted by Gasteiger charge is 2.41. The van der Waals surface area contributed by atoms with Gasteiger partial charge in [-0.25, -0.2) is 9.37 Å². The topological polar surface area (TPSA) is 45.5 Å². The summed E-state index contributed by atoms with van der Waals surface area (Å²) in [6, 6.07) is 14.1. The Balaban J connectivity index is 1.35. The molecule has 0 spiro atoms. The molecule has 2 heterocycles. The van der Waals surface area contributed by atoms with Crippen LogP contribution in [0.4, 0.5) is 4.39 Å². The maximum Gasteiger partial charge on any atom is 0.187 e. The predicted molar refractivity (Wildman–Crippen MR) is 112 cm³/mol. The molecule has 0 bridgehead atoms. The van der Waals surface area contributed by atoms with Crippen LogP contribution in [0.1, 0.15) is 17.5 Å². The summed E-state index contributed by atoms with van der Waals surface area (Å²) in [5.74, 6) is -0.999. The molecule has 0 aliphatic carbocycles. The van der Waals surface area contributed by atoms with E-state index in [1.165, 1.54) is 17.7 Å². The Morgan fingerprint density at radius 3 is 2.63 bits per heavy atom. The van der Waals surface area contributed by atoms with Crippen LogP contribution in [0.2, 0.25) is 5.02 Å². The lowest BCUT2D eigenvalue weighted by molar-refractivity contribution is -0.187. The van der Waals surface area contributed by atoms with E-state index in [4.69, 9.17) is 25.8 Å². The highest BCUT2D eigenvalue weighted by atomic mass is 35.5. The van der Waals surface area contributed by atoms with E-state index in [0.717, 1.165) is 17.0 Å². The molecule has 1 aromatic heterocycles. The number of hydrogen-bond acceptors (Lipinski definition) is 4. The summed E-state index contributed by atoms with van der Waals surface area (Å²) in [4.78, 5) is 4.12. The number of hydrogen-bond donors (Lipinski definition) is 0. The summed E-state index contributed by atoms with van der Waals surface area (Å²) in [6.07, 6.45) is 6.73. The van der Waals surface area contributed by atoms with Crippen LogP contribution in [0.5, 0.6) is 0 Å². The molecule has 0 amide bonds. The van der Waals surface area contributed by atoms with Crippen LogP contribution in [-0.2, 0) is 33.8 Å². The third-order valence-corrected chi connectivity index (χ3v) is 5.34. The van der Waals surface area contributed by atoms with Crippen molar-refractivity contribution in [3.05, 3.63) is 89.2 Å². The quantitative estimate of drug-likeness (QED) is 0.496. The maximum atomic E-state index is 13.0. The monoisotopic (exact) mass is 430 g/mol. The molecule has 1 fully saturated rings. The van der Waals surface area contributed by atoms with Crippen molar-refractivity contribution in [2.75, 3.05) is 13.2 Å². The van der Waals surface area contributed by atoms with Crippen LogP contribution in [-0.4, -0.2) is 34.7 Å². The minimum Gasteiger partial charge on any atom is -0.374 e. The molecular weight excluding hydrogens is 407 g/mol. The minimum absolute atomic E-state index is 0.167. The molecule has 3 aromatic rings. The number of benzene rings is 2. The van der Waals surface area contributed by atoms with Gasteiger partial charge in [-0.1, -0.05) is 35.9 Å². The normalized spacial score (nSPS) is 21.2. The molecule has 2 atom stereocenters. The van der Waals surface area contributed by atoms with E-state index < -0.39 is 5.79 Å². The number of aromatic nitrogens is 2. The van der Waals surface area contributed by atoms with Gasteiger partial charge in [0.25, 0.3) is 0 Å². The number of imidazole rings is 1. The standard InChI is InChI=1S/C23H24ClFN2O3/c24-20-5-1-18(2-6-20)9-10-23(16-27-12-11-26-17-27)29-15-22(30-23)14-28-13-19-3-7-21(25)8-4-19/h1-8,11-12,17,22H,9-10,13-16H2. The van der Waals surface area contributed by atoms with E-state index in [0.29, 0.717) is 32.8 Å². The Morgan fingerprint density at radius 2 is 1.90 bits per heavy atom. The summed E-state index contributed by atoms with van der Waals surface area (Å²) in [7, 11) is 0. The van der Waals surface area contributed by atoms with Gasteiger partial charge in [0, 0.05) is 23.8 Å². The average Bonchev–Trinajstić information content (AvgIpc) is 3.40. The van der Waals surface area contributed by atoms with Gasteiger partial charge in [-0.2, -0.15) is 0 Å². The molecule has 1 saturated heterocycles. The van der Waals surface area contributed by atoms with Crippen molar-refractivity contribution in [2.24, 2.45) is 0 Å². The lowest BCUT2D eigenvalue weighted by Crippen LogP contribution is -2.37. The molecule has 0 N–H and O–H groups in total. The second-order valence-corrected chi connectivity index (χ2v) is 7.90. The van der Waals surface area contributed by atoms with Crippen molar-refractivity contribution in [3.63, 3.8) is 0 Å². The van der Waals surface area contributed by atoms with Crippen molar-refractivity contribution < 1.29 is 18.6 Å².